The van der Waals surface area contributed by atoms with Gasteiger partial charge in [-0.05, 0) is 19.3 Å². The molecule has 88 valence electrons. The van der Waals surface area contributed by atoms with Crippen LogP contribution in [0.2, 0.25) is 0 Å². The summed E-state index contributed by atoms with van der Waals surface area (Å²) in [5.41, 5.74) is -0.0502. The van der Waals surface area contributed by atoms with Gasteiger partial charge in [0.15, 0.2) is 0 Å². The molecule has 0 saturated heterocycles. The van der Waals surface area contributed by atoms with Crippen LogP contribution in [0, 0.1) is 5.41 Å². The van der Waals surface area contributed by atoms with Crippen LogP contribution in [0.3, 0.4) is 0 Å². The molecule has 16 heavy (non-hydrogen) atoms. The van der Waals surface area contributed by atoms with E-state index >= 15 is 0 Å². The molecule has 2 unspecified atom stereocenters. The first-order valence-electron chi connectivity index (χ1n) is 5.85. The van der Waals surface area contributed by atoms with Gasteiger partial charge in [0.05, 0.1) is 6.10 Å². The second-order valence-electron chi connectivity index (χ2n) is 5.50. The SMILES string of the molecule is CC1(C)C(O)CC1Nc1nc(C2CC2)ns1. The Labute approximate surface area is 99.3 Å². The average molecular weight is 239 g/mol. The van der Waals surface area contributed by atoms with Crippen molar-refractivity contribution in [2.24, 2.45) is 5.41 Å². The lowest BCUT2D eigenvalue weighted by Crippen LogP contribution is -2.56. The number of rotatable bonds is 3. The molecule has 3 rings (SSSR count). The molecule has 0 aromatic carbocycles. The molecule has 1 heterocycles. The molecule has 2 N–H and O–H groups in total. The molecule has 0 spiro atoms. The van der Waals surface area contributed by atoms with Crippen LogP contribution < -0.4 is 5.32 Å². The van der Waals surface area contributed by atoms with Gasteiger partial charge in [-0.2, -0.15) is 4.37 Å². The van der Waals surface area contributed by atoms with Gasteiger partial charge in [0.2, 0.25) is 5.13 Å². The highest BCUT2D eigenvalue weighted by atomic mass is 32.1. The van der Waals surface area contributed by atoms with E-state index in [1.54, 1.807) is 0 Å². The van der Waals surface area contributed by atoms with Gasteiger partial charge in [0.25, 0.3) is 0 Å². The second kappa shape index (κ2) is 3.40. The Morgan fingerprint density at radius 2 is 2.19 bits per heavy atom. The van der Waals surface area contributed by atoms with Gasteiger partial charge in [-0.1, -0.05) is 13.8 Å². The minimum absolute atomic E-state index is 0.0502. The quantitative estimate of drug-likeness (QED) is 0.847. The zero-order valence-electron chi connectivity index (χ0n) is 9.60. The van der Waals surface area contributed by atoms with Gasteiger partial charge in [0.1, 0.15) is 5.82 Å². The zero-order chi connectivity index (χ0) is 11.3. The minimum atomic E-state index is -0.194. The highest BCUT2D eigenvalue weighted by molar-refractivity contribution is 7.09. The smallest absolute Gasteiger partial charge is 0.202 e. The van der Waals surface area contributed by atoms with Gasteiger partial charge in [-0.25, -0.2) is 4.98 Å². The van der Waals surface area contributed by atoms with Crippen molar-refractivity contribution < 1.29 is 5.11 Å². The molecular formula is C11H17N3OS. The Hall–Kier alpha value is -0.680. The highest BCUT2D eigenvalue weighted by Gasteiger charge is 2.47. The number of aliphatic hydroxyl groups is 1. The molecule has 0 aliphatic heterocycles. The fourth-order valence-corrected chi connectivity index (χ4v) is 2.80. The van der Waals surface area contributed by atoms with E-state index < -0.39 is 0 Å². The van der Waals surface area contributed by atoms with Crippen LogP contribution in [0.4, 0.5) is 5.13 Å². The van der Waals surface area contributed by atoms with Crippen LogP contribution in [-0.2, 0) is 0 Å². The van der Waals surface area contributed by atoms with E-state index in [1.807, 2.05) is 0 Å². The van der Waals surface area contributed by atoms with Crippen LogP contribution in [0.1, 0.15) is 44.9 Å². The minimum Gasteiger partial charge on any atom is -0.392 e. The Kier molecular flexibility index (Phi) is 2.23. The van der Waals surface area contributed by atoms with E-state index in [1.165, 1.54) is 24.4 Å². The lowest BCUT2D eigenvalue weighted by molar-refractivity contribution is -0.0510. The maximum atomic E-state index is 9.65. The van der Waals surface area contributed by atoms with Crippen molar-refractivity contribution >= 4 is 16.7 Å². The van der Waals surface area contributed by atoms with E-state index in [-0.39, 0.29) is 11.5 Å². The monoisotopic (exact) mass is 239 g/mol. The summed E-state index contributed by atoms with van der Waals surface area (Å²) in [4.78, 5) is 4.50. The molecule has 2 fully saturated rings. The molecule has 1 aromatic heterocycles. The number of hydrogen-bond acceptors (Lipinski definition) is 5. The van der Waals surface area contributed by atoms with Crippen LogP contribution in [-0.4, -0.2) is 26.6 Å². The summed E-state index contributed by atoms with van der Waals surface area (Å²) in [7, 11) is 0. The molecule has 4 nitrogen and oxygen atoms in total. The Bertz CT molecular complexity index is 400. The predicted octanol–water partition coefficient (Wildman–Crippen LogP) is 1.99. The van der Waals surface area contributed by atoms with Gasteiger partial charge >= 0.3 is 0 Å². The first-order valence-corrected chi connectivity index (χ1v) is 6.63. The van der Waals surface area contributed by atoms with Crippen LogP contribution in [0.25, 0.3) is 0 Å². The molecule has 2 aliphatic rings. The maximum Gasteiger partial charge on any atom is 0.202 e. The maximum absolute atomic E-state index is 9.65. The molecular weight excluding hydrogens is 222 g/mol. The van der Waals surface area contributed by atoms with E-state index in [2.05, 4.69) is 28.5 Å². The van der Waals surface area contributed by atoms with E-state index in [4.69, 9.17) is 0 Å². The van der Waals surface area contributed by atoms with E-state index in [0.717, 1.165) is 17.4 Å². The molecule has 2 saturated carbocycles. The number of nitrogens with one attached hydrogen (secondary N) is 1. The van der Waals surface area contributed by atoms with Crippen LogP contribution in [0.5, 0.6) is 0 Å². The number of nitrogens with zero attached hydrogens (tertiary/aromatic N) is 2. The van der Waals surface area contributed by atoms with Crippen molar-refractivity contribution in [3.63, 3.8) is 0 Å². The molecule has 0 amide bonds. The number of aliphatic hydroxyl groups excluding tert-OH is 1. The molecule has 5 heteroatoms. The van der Waals surface area contributed by atoms with Gasteiger partial charge in [-0.3, -0.25) is 0 Å². The Morgan fingerprint density at radius 3 is 2.75 bits per heavy atom. The van der Waals surface area contributed by atoms with Gasteiger partial charge in [-0.15, -0.1) is 0 Å². The Balaban J connectivity index is 1.65. The molecule has 2 atom stereocenters. The summed E-state index contributed by atoms with van der Waals surface area (Å²) in [5, 5.41) is 14.0. The third kappa shape index (κ3) is 1.62. The fraction of sp³-hybridized carbons (Fsp3) is 0.818. The first kappa shape index (κ1) is 10.5. The van der Waals surface area contributed by atoms with Crippen molar-refractivity contribution in [2.75, 3.05) is 5.32 Å². The second-order valence-corrected chi connectivity index (χ2v) is 6.25. The van der Waals surface area contributed by atoms with Gasteiger partial charge in [0, 0.05) is 28.9 Å². The van der Waals surface area contributed by atoms with Crippen molar-refractivity contribution in [3.05, 3.63) is 5.82 Å². The number of aromatic nitrogens is 2. The average Bonchev–Trinajstić information content (AvgIpc) is 2.99. The molecule has 1 aromatic rings. The summed E-state index contributed by atoms with van der Waals surface area (Å²) in [6, 6.07) is 0.322. The van der Waals surface area contributed by atoms with E-state index in [9.17, 15) is 5.11 Å². The number of anilines is 1. The molecule has 2 aliphatic carbocycles. The zero-order valence-corrected chi connectivity index (χ0v) is 10.4. The van der Waals surface area contributed by atoms with Crippen molar-refractivity contribution in [2.45, 2.75) is 51.2 Å². The lowest BCUT2D eigenvalue weighted by atomic mass is 9.65. The summed E-state index contributed by atoms with van der Waals surface area (Å²) in [6.45, 7) is 4.17. The van der Waals surface area contributed by atoms with Crippen molar-refractivity contribution in [1.82, 2.24) is 9.36 Å². The summed E-state index contributed by atoms with van der Waals surface area (Å²) in [6.07, 6.45) is 3.10. The highest BCUT2D eigenvalue weighted by Crippen LogP contribution is 2.43. The van der Waals surface area contributed by atoms with E-state index in [0.29, 0.717) is 12.0 Å². The predicted molar refractivity (Wildman–Crippen MR) is 63.7 cm³/mol. The normalized spacial score (nSPS) is 32.2. The molecule has 0 bridgehead atoms. The Morgan fingerprint density at radius 1 is 1.44 bits per heavy atom. The summed E-state index contributed by atoms with van der Waals surface area (Å²) in [5.74, 6) is 1.62. The molecule has 0 radical (unpaired) electrons. The lowest BCUT2D eigenvalue weighted by Gasteiger charge is -2.49. The van der Waals surface area contributed by atoms with Gasteiger partial charge < -0.3 is 10.4 Å². The summed E-state index contributed by atoms with van der Waals surface area (Å²) >= 11 is 1.44. The number of hydrogen-bond donors (Lipinski definition) is 2. The third-order valence-corrected chi connectivity index (χ3v) is 4.56. The topological polar surface area (TPSA) is 58.0 Å². The van der Waals surface area contributed by atoms with Crippen LogP contribution in [0.15, 0.2) is 0 Å². The van der Waals surface area contributed by atoms with Crippen LogP contribution >= 0.6 is 11.5 Å². The standard InChI is InChI=1S/C11H17N3OS/c1-11(2)7(5-8(11)15)12-10-13-9(14-16-10)6-3-4-6/h6-8,15H,3-5H2,1-2H3,(H,12,13,14). The summed E-state index contributed by atoms with van der Waals surface area (Å²) < 4.78 is 4.36. The van der Waals surface area contributed by atoms with Crippen molar-refractivity contribution in [1.29, 1.82) is 0 Å². The fourth-order valence-electron chi connectivity index (χ4n) is 2.10. The largest absolute Gasteiger partial charge is 0.392 e. The third-order valence-electron chi connectivity index (χ3n) is 3.90. The van der Waals surface area contributed by atoms with Crippen molar-refractivity contribution in [3.8, 4) is 0 Å². The first-order chi connectivity index (χ1) is 7.57.